The fourth-order valence-electron chi connectivity index (χ4n) is 2.52. The van der Waals surface area contributed by atoms with Crippen LogP contribution in [0.25, 0.3) is 0 Å². The van der Waals surface area contributed by atoms with E-state index < -0.39 is 0 Å². The first-order chi connectivity index (χ1) is 9.77. The van der Waals surface area contributed by atoms with Gasteiger partial charge < -0.3 is 5.32 Å². The molecule has 1 heterocycles. The first kappa shape index (κ1) is 17.5. The number of hydrogen-bond acceptors (Lipinski definition) is 2. The largest absolute Gasteiger partial charge is 0.312 e. The number of pyridine rings is 1. The number of aromatic nitrogens is 1. The van der Waals surface area contributed by atoms with E-state index in [1.54, 1.807) is 6.20 Å². The molecule has 0 saturated heterocycles. The molecule has 1 aromatic heterocycles. The van der Waals surface area contributed by atoms with Crippen LogP contribution in [0.2, 0.25) is 5.02 Å². The lowest BCUT2D eigenvalue weighted by atomic mass is 10.0. The van der Waals surface area contributed by atoms with Gasteiger partial charge in [-0.3, -0.25) is 4.98 Å². The molecule has 0 amide bonds. The van der Waals surface area contributed by atoms with Gasteiger partial charge in [0.1, 0.15) is 0 Å². The summed E-state index contributed by atoms with van der Waals surface area (Å²) in [4.78, 5) is 4.40. The molecule has 1 rings (SSSR count). The van der Waals surface area contributed by atoms with Crippen molar-refractivity contribution < 1.29 is 0 Å². The molecular formula is C17H29ClN2. The van der Waals surface area contributed by atoms with E-state index in [1.807, 2.05) is 19.2 Å². The molecule has 0 aromatic carbocycles. The molecule has 0 radical (unpaired) electrons. The van der Waals surface area contributed by atoms with Gasteiger partial charge in [-0.25, -0.2) is 0 Å². The van der Waals surface area contributed by atoms with Gasteiger partial charge in [0.15, 0.2) is 0 Å². The molecule has 2 nitrogen and oxygen atoms in total. The smallest absolute Gasteiger partial charge is 0.0589 e. The maximum atomic E-state index is 5.87. The molecule has 0 fully saturated rings. The van der Waals surface area contributed by atoms with Gasteiger partial charge in [0.25, 0.3) is 0 Å². The molecule has 114 valence electrons. The quantitative estimate of drug-likeness (QED) is 0.543. The van der Waals surface area contributed by atoms with E-state index in [0.29, 0.717) is 11.1 Å². The van der Waals surface area contributed by atoms with Crippen molar-refractivity contribution in [1.82, 2.24) is 10.3 Å². The Bertz CT molecular complexity index is 337. The van der Waals surface area contributed by atoms with Gasteiger partial charge in [-0.2, -0.15) is 0 Å². The Morgan fingerprint density at radius 1 is 1.05 bits per heavy atom. The second-order valence-corrected chi connectivity index (χ2v) is 5.94. The lowest BCUT2D eigenvalue weighted by molar-refractivity contribution is 0.486. The van der Waals surface area contributed by atoms with Gasteiger partial charge in [0.05, 0.1) is 10.7 Å². The van der Waals surface area contributed by atoms with E-state index in [4.69, 9.17) is 11.6 Å². The molecule has 0 saturated carbocycles. The normalized spacial score (nSPS) is 12.6. The summed E-state index contributed by atoms with van der Waals surface area (Å²) in [6.45, 7) is 2.27. The van der Waals surface area contributed by atoms with Crippen LogP contribution in [0.3, 0.4) is 0 Å². The lowest BCUT2D eigenvalue weighted by Gasteiger charge is -2.15. The summed E-state index contributed by atoms with van der Waals surface area (Å²) in [5, 5.41) is 4.06. The van der Waals surface area contributed by atoms with Gasteiger partial charge in [-0.1, -0.05) is 69.9 Å². The van der Waals surface area contributed by atoms with Crippen LogP contribution in [-0.4, -0.2) is 12.0 Å². The molecule has 0 aliphatic rings. The van der Waals surface area contributed by atoms with E-state index in [1.165, 1.54) is 51.4 Å². The fraction of sp³-hybridized carbons (Fsp3) is 0.706. The van der Waals surface area contributed by atoms with Crippen LogP contribution < -0.4 is 5.32 Å². The van der Waals surface area contributed by atoms with Crippen LogP contribution >= 0.6 is 11.6 Å². The second kappa shape index (κ2) is 11.1. The summed E-state index contributed by atoms with van der Waals surface area (Å²) >= 11 is 5.87. The van der Waals surface area contributed by atoms with Gasteiger partial charge in [-0.15, -0.1) is 0 Å². The van der Waals surface area contributed by atoms with E-state index in [-0.39, 0.29) is 0 Å². The molecule has 1 unspecified atom stereocenters. The van der Waals surface area contributed by atoms with Crippen molar-refractivity contribution in [3.63, 3.8) is 0 Å². The van der Waals surface area contributed by atoms with Crippen LogP contribution in [-0.2, 0) is 0 Å². The summed E-state index contributed by atoms with van der Waals surface area (Å²) in [5.41, 5.74) is 1.10. The molecule has 1 atom stereocenters. The van der Waals surface area contributed by atoms with Crippen molar-refractivity contribution >= 4 is 11.6 Å². The van der Waals surface area contributed by atoms with Crippen molar-refractivity contribution in [3.05, 3.63) is 29.0 Å². The van der Waals surface area contributed by atoms with Crippen molar-refractivity contribution in [2.75, 3.05) is 7.05 Å². The lowest BCUT2D eigenvalue weighted by Crippen LogP contribution is -2.17. The predicted octanol–water partition coefficient (Wildman–Crippen LogP) is 5.53. The zero-order valence-corrected chi connectivity index (χ0v) is 13.8. The van der Waals surface area contributed by atoms with Crippen LogP contribution in [0.5, 0.6) is 0 Å². The number of unbranched alkanes of at least 4 members (excludes halogenated alkanes) is 7. The zero-order chi connectivity index (χ0) is 14.6. The van der Waals surface area contributed by atoms with Crippen LogP contribution in [0.4, 0.5) is 0 Å². The highest BCUT2D eigenvalue weighted by molar-refractivity contribution is 6.30. The monoisotopic (exact) mass is 296 g/mol. The minimum Gasteiger partial charge on any atom is -0.312 e. The Balaban J connectivity index is 2.14. The average molecular weight is 297 g/mol. The number of nitrogens with zero attached hydrogens (tertiary/aromatic N) is 1. The first-order valence-corrected chi connectivity index (χ1v) is 8.44. The van der Waals surface area contributed by atoms with Gasteiger partial charge >= 0.3 is 0 Å². The summed E-state index contributed by atoms with van der Waals surface area (Å²) in [7, 11) is 2.01. The third-order valence-electron chi connectivity index (χ3n) is 3.80. The molecule has 0 aliphatic carbocycles. The minimum absolute atomic E-state index is 0.354. The Labute approximate surface area is 129 Å². The molecule has 1 aromatic rings. The van der Waals surface area contributed by atoms with Crippen molar-refractivity contribution in [1.29, 1.82) is 0 Å². The van der Waals surface area contributed by atoms with Crippen LogP contribution in [0.1, 0.15) is 76.4 Å². The van der Waals surface area contributed by atoms with E-state index in [9.17, 15) is 0 Å². The Morgan fingerprint density at radius 3 is 2.25 bits per heavy atom. The minimum atomic E-state index is 0.354. The number of rotatable bonds is 11. The Hall–Kier alpha value is -0.600. The highest BCUT2D eigenvalue weighted by atomic mass is 35.5. The predicted molar refractivity (Wildman–Crippen MR) is 88.3 cm³/mol. The third-order valence-corrected chi connectivity index (χ3v) is 4.03. The SMILES string of the molecule is CCCCCCCCCCC(NC)c1ccc(Cl)cn1. The molecular weight excluding hydrogens is 268 g/mol. The number of halogens is 1. The second-order valence-electron chi connectivity index (χ2n) is 5.51. The molecule has 3 heteroatoms. The Morgan fingerprint density at radius 2 is 1.70 bits per heavy atom. The maximum absolute atomic E-state index is 5.87. The summed E-state index contributed by atoms with van der Waals surface area (Å²) in [6.07, 6.45) is 13.8. The van der Waals surface area contributed by atoms with Crippen LogP contribution in [0, 0.1) is 0 Å². The maximum Gasteiger partial charge on any atom is 0.0589 e. The fourth-order valence-corrected chi connectivity index (χ4v) is 2.63. The van der Waals surface area contributed by atoms with Crippen molar-refractivity contribution in [2.24, 2.45) is 0 Å². The van der Waals surface area contributed by atoms with E-state index in [2.05, 4.69) is 17.2 Å². The zero-order valence-electron chi connectivity index (χ0n) is 13.0. The Kier molecular flexibility index (Phi) is 9.69. The molecule has 20 heavy (non-hydrogen) atoms. The van der Waals surface area contributed by atoms with Gasteiger partial charge in [0, 0.05) is 12.2 Å². The summed E-state index contributed by atoms with van der Waals surface area (Å²) in [6, 6.07) is 4.29. The van der Waals surface area contributed by atoms with Crippen molar-refractivity contribution in [3.8, 4) is 0 Å². The summed E-state index contributed by atoms with van der Waals surface area (Å²) in [5.74, 6) is 0. The van der Waals surface area contributed by atoms with E-state index in [0.717, 1.165) is 12.1 Å². The first-order valence-electron chi connectivity index (χ1n) is 8.06. The average Bonchev–Trinajstić information content (AvgIpc) is 2.47. The number of hydrogen-bond donors (Lipinski definition) is 1. The highest BCUT2D eigenvalue weighted by Gasteiger charge is 2.09. The molecule has 0 bridgehead atoms. The summed E-state index contributed by atoms with van der Waals surface area (Å²) < 4.78 is 0. The molecule has 1 N–H and O–H groups in total. The van der Waals surface area contributed by atoms with Crippen LogP contribution in [0.15, 0.2) is 18.3 Å². The van der Waals surface area contributed by atoms with Crippen molar-refractivity contribution in [2.45, 2.75) is 70.8 Å². The third kappa shape index (κ3) is 7.25. The van der Waals surface area contributed by atoms with Gasteiger partial charge in [-0.05, 0) is 25.6 Å². The molecule has 0 spiro atoms. The topological polar surface area (TPSA) is 24.9 Å². The number of nitrogens with one attached hydrogen (secondary N) is 1. The highest BCUT2D eigenvalue weighted by Crippen LogP contribution is 2.19. The van der Waals surface area contributed by atoms with Gasteiger partial charge in [0.2, 0.25) is 0 Å². The van der Waals surface area contributed by atoms with E-state index >= 15 is 0 Å². The molecule has 0 aliphatic heterocycles. The standard InChI is InChI=1S/C17H29ClN2/c1-3-4-5-6-7-8-9-10-11-16(19-2)17-13-12-15(18)14-20-17/h12-14,16,19H,3-11H2,1-2H3.